The summed E-state index contributed by atoms with van der Waals surface area (Å²) in [4.78, 5) is 10.8. The number of hydrogen-bond acceptors (Lipinski definition) is 3. The van der Waals surface area contributed by atoms with Crippen LogP contribution in [0.3, 0.4) is 0 Å². The molecule has 0 aliphatic carbocycles. The van der Waals surface area contributed by atoms with Gasteiger partial charge in [0.25, 0.3) is 0 Å². The van der Waals surface area contributed by atoms with E-state index in [-0.39, 0.29) is 17.1 Å². The number of carboxylic acids is 1. The molecule has 2 aromatic carbocycles. The highest BCUT2D eigenvalue weighted by Gasteiger charge is 2.11. The van der Waals surface area contributed by atoms with Gasteiger partial charge in [0.1, 0.15) is 17.1 Å². The quantitative estimate of drug-likeness (QED) is 0.811. The third-order valence-electron chi connectivity index (χ3n) is 2.73. The number of phenolic OH excluding ortho intramolecular Hbond substituents is 1. The Hall–Kier alpha value is -2.01. The van der Waals surface area contributed by atoms with E-state index in [9.17, 15) is 15.0 Å². The fraction of sp³-hybridized carbons (Fsp3) is 0.0714. The van der Waals surface area contributed by atoms with Crippen molar-refractivity contribution < 1.29 is 20.1 Å². The van der Waals surface area contributed by atoms with Crippen LogP contribution in [0.15, 0.2) is 40.9 Å². The van der Waals surface area contributed by atoms with Gasteiger partial charge in [-0.2, -0.15) is 0 Å². The van der Waals surface area contributed by atoms with Crippen LogP contribution >= 0.6 is 15.9 Å². The van der Waals surface area contributed by atoms with Gasteiger partial charge in [0.2, 0.25) is 0 Å². The van der Waals surface area contributed by atoms with Crippen molar-refractivity contribution in [2.45, 2.75) is 6.42 Å². The van der Waals surface area contributed by atoms with Crippen molar-refractivity contribution in [2.75, 3.05) is 0 Å². The first-order valence-corrected chi connectivity index (χ1v) is 6.29. The molecule has 0 fully saturated rings. The molecule has 0 aromatic heterocycles. The Kier molecular flexibility index (Phi) is 3.76. The van der Waals surface area contributed by atoms with Gasteiger partial charge in [-0.3, -0.25) is 0 Å². The third-order valence-corrected chi connectivity index (χ3v) is 3.22. The van der Waals surface area contributed by atoms with Gasteiger partial charge in [-0.15, -0.1) is 0 Å². The van der Waals surface area contributed by atoms with Gasteiger partial charge in [0.05, 0.1) is 0 Å². The van der Waals surface area contributed by atoms with E-state index >= 15 is 0 Å². The van der Waals surface area contributed by atoms with Gasteiger partial charge in [-0.05, 0) is 41.5 Å². The topological polar surface area (TPSA) is 77.8 Å². The van der Waals surface area contributed by atoms with Gasteiger partial charge >= 0.3 is 5.97 Å². The van der Waals surface area contributed by atoms with Crippen molar-refractivity contribution in [2.24, 2.45) is 0 Å². The SMILES string of the molecule is O=C(O)c1ccc(Cc2cc(Br)ccc2O)cc1O. The Morgan fingerprint density at radius 3 is 2.42 bits per heavy atom. The minimum atomic E-state index is -1.17. The lowest BCUT2D eigenvalue weighted by Gasteiger charge is -2.07. The van der Waals surface area contributed by atoms with E-state index in [1.807, 2.05) is 0 Å². The minimum Gasteiger partial charge on any atom is -0.508 e. The van der Waals surface area contributed by atoms with Gasteiger partial charge in [0, 0.05) is 10.9 Å². The Morgan fingerprint density at radius 2 is 1.79 bits per heavy atom. The number of hydrogen-bond donors (Lipinski definition) is 3. The average molecular weight is 323 g/mol. The summed E-state index contributed by atoms with van der Waals surface area (Å²) in [6, 6.07) is 9.43. The summed E-state index contributed by atoms with van der Waals surface area (Å²) in [7, 11) is 0. The zero-order valence-electron chi connectivity index (χ0n) is 9.80. The lowest BCUT2D eigenvalue weighted by Crippen LogP contribution is -1.98. The number of phenols is 2. The first-order valence-electron chi connectivity index (χ1n) is 5.50. The second-order valence-corrected chi connectivity index (χ2v) is 5.02. The van der Waals surface area contributed by atoms with E-state index in [1.54, 1.807) is 24.3 Å². The van der Waals surface area contributed by atoms with Crippen molar-refractivity contribution in [1.82, 2.24) is 0 Å². The number of rotatable bonds is 3. The molecule has 5 heteroatoms. The molecule has 0 aliphatic rings. The van der Waals surface area contributed by atoms with E-state index < -0.39 is 5.97 Å². The molecule has 0 heterocycles. The van der Waals surface area contributed by atoms with Crippen molar-refractivity contribution in [3.63, 3.8) is 0 Å². The minimum absolute atomic E-state index is 0.137. The molecule has 2 rings (SSSR count). The molecule has 3 N–H and O–H groups in total. The Bertz CT molecular complexity index is 637. The molecule has 0 saturated carbocycles. The largest absolute Gasteiger partial charge is 0.508 e. The molecular formula is C14H11BrO4. The van der Waals surface area contributed by atoms with Crippen LogP contribution in [0.1, 0.15) is 21.5 Å². The second-order valence-electron chi connectivity index (χ2n) is 4.11. The number of carbonyl (C=O) groups is 1. The maximum atomic E-state index is 10.8. The summed E-state index contributed by atoms with van der Waals surface area (Å²) >= 11 is 3.32. The maximum Gasteiger partial charge on any atom is 0.339 e. The molecule has 0 amide bonds. The first-order chi connectivity index (χ1) is 8.97. The van der Waals surface area contributed by atoms with Crippen molar-refractivity contribution >= 4 is 21.9 Å². The highest BCUT2D eigenvalue weighted by atomic mass is 79.9. The molecule has 0 radical (unpaired) electrons. The zero-order valence-corrected chi connectivity index (χ0v) is 11.4. The monoisotopic (exact) mass is 322 g/mol. The Balaban J connectivity index is 2.31. The fourth-order valence-electron chi connectivity index (χ4n) is 1.78. The summed E-state index contributed by atoms with van der Waals surface area (Å²) in [6.07, 6.45) is 0.402. The lowest BCUT2D eigenvalue weighted by atomic mass is 10.0. The highest BCUT2D eigenvalue weighted by molar-refractivity contribution is 9.10. The smallest absolute Gasteiger partial charge is 0.339 e. The summed E-state index contributed by atoms with van der Waals surface area (Å²) in [5, 5.41) is 28.2. The second kappa shape index (κ2) is 5.32. The van der Waals surface area contributed by atoms with E-state index in [4.69, 9.17) is 5.11 Å². The number of aromatic hydroxyl groups is 2. The first kappa shape index (κ1) is 13.4. The van der Waals surface area contributed by atoms with Crippen LogP contribution in [0.4, 0.5) is 0 Å². The zero-order chi connectivity index (χ0) is 14.0. The molecule has 98 valence electrons. The van der Waals surface area contributed by atoms with Crippen molar-refractivity contribution in [3.05, 3.63) is 57.6 Å². The summed E-state index contributed by atoms with van der Waals surface area (Å²) < 4.78 is 0.840. The van der Waals surface area contributed by atoms with Crippen LogP contribution in [-0.4, -0.2) is 21.3 Å². The molecule has 19 heavy (non-hydrogen) atoms. The predicted octanol–water partition coefficient (Wildman–Crippen LogP) is 3.15. The van der Waals surface area contributed by atoms with E-state index in [0.29, 0.717) is 12.0 Å². The highest BCUT2D eigenvalue weighted by Crippen LogP contribution is 2.26. The molecule has 0 unspecified atom stereocenters. The Morgan fingerprint density at radius 1 is 1.05 bits per heavy atom. The lowest BCUT2D eigenvalue weighted by molar-refractivity contribution is 0.0693. The summed E-state index contributed by atoms with van der Waals surface area (Å²) in [5.41, 5.74) is 1.27. The maximum absolute atomic E-state index is 10.8. The van der Waals surface area contributed by atoms with Crippen LogP contribution < -0.4 is 0 Å². The van der Waals surface area contributed by atoms with Gasteiger partial charge in [-0.25, -0.2) is 4.79 Å². The summed E-state index contributed by atoms with van der Waals surface area (Å²) in [6.45, 7) is 0. The van der Waals surface area contributed by atoms with Crippen molar-refractivity contribution in [1.29, 1.82) is 0 Å². The van der Waals surface area contributed by atoms with Crippen LogP contribution in [-0.2, 0) is 6.42 Å². The third kappa shape index (κ3) is 3.06. The fourth-order valence-corrected chi connectivity index (χ4v) is 2.19. The van der Waals surface area contributed by atoms with Gasteiger partial charge in [0.15, 0.2) is 0 Å². The van der Waals surface area contributed by atoms with Crippen LogP contribution in [0, 0.1) is 0 Å². The molecule has 4 nitrogen and oxygen atoms in total. The molecule has 0 spiro atoms. The van der Waals surface area contributed by atoms with E-state index in [0.717, 1.165) is 10.0 Å². The average Bonchev–Trinajstić information content (AvgIpc) is 2.33. The number of carboxylic acid groups (broad SMARTS) is 1. The molecule has 0 atom stereocenters. The molecule has 0 bridgehead atoms. The molecular weight excluding hydrogens is 312 g/mol. The normalized spacial score (nSPS) is 10.4. The number of aromatic carboxylic acids is 1. The van der Waals surface area contributed by atoms with Crippen LogP contribution in [0.2, 0.25) is 0 Å². The Labute approximate surface area is 118 Å². The molecule has 2 aromatic rings. The van der Waals surface area contributed by atoms with Crippen LogP contribution in [0.5, 0.6) is 11.5 Å². The summed E-state index contributed by atoms with van der Waals surface area (Å²) in [5.74, 6) is -1.29. The number of benzene rings is 2. The number of halogens is 1. The van der Waals surface area contributed by atoms with Crippen LogP contribution in [0.25, 0.3) is 0 Å². The van der Waals surface area contributed by atoms with Crippen molar-refractivity contribution in [3.8, 4) is 11.5 Å². The van der Waals surface area contributed by atoms with E-state index in [1.165, 1.54) is 12.1 Å². The molecule has 0 aliphatic heterocycles. The predicted molar refractivity (Wildman–Crippen MR) is 73.7 cm³/mol. The van der Waals surface area contributed by atoms with Gasteiger partial charge in [-0.1, -0.05) is 22.0 Å². The standard InChI is InChI=1S/C14H11BrO4/c15-10-2-4-12(16)9(7-10)5-8-1-3-11(14(18)19)13(17)6-8/h1-4,6-7,16-17H,5H2,(H,18,19). The van der Waals surface area contributed by atoms with E-state index in [2.05, 4.69) is 15.9 Å². The van der Waals surface area contributed by atoms with Gasteiger partial charge < -0.3 is 15.3 Å². The molecule has 0 saturated heterocycles.